The summed E-state index contributed by atoms with van der Waals surface area (Å²) in [6.07, 6.45) is 0. The second-order valence-corrected chi connectivity index (χ2v) is 5.17. The highest BCUT2D eigenvalue weighted by atomic mass is 16.6. The van der Waals surface area contributed by atoms with Gasteiger partial charge in [0.15, 0.2) is 0 Å². The fourth-order valence-corrected chi connectivity index (χ4v) is 1.63. The Balaban J connectivity index is 2.51. The molecule has 2 rings (SSSR count). The van der Waals surface area contributed by atoms with E-state index in [0.29, 0.717) is 5.52 Å². The van der Waals surface area contributed by atoms with Crippen LogP contribution in [0, 0.1) is 0 Å². The number of benzene rings is 1. The predicted octanol–water partition coefficient (Wildman–Crippen LogP) is 1.17. The fraction of sp³-hybridized carbons (Fsp3) is 0.308. The molecular weight excluding hydrogens is 248 g/mol. The van der Waals surface area contributed by atoms with Crippen LogP contribution in [0.1, 0.15) is 31.1 Å². The summed E-state index contributed by atoms with van der Waals surface area (Å²) in [5.41, 5.74) is -1.09. The molecule has 0 fully saturated rings. The van der Waals surface area contributed by atoms with Crippen LogP contribution in [0.4, 0.5) is 0 Å². The van der Waals surface area contributed by atoms with Crippen LogP contribution in [0.2, 0.25) is 0 Å². The number of ether oxygens (including phenoxy) is 1. The summed E-state index contributed by atoms with van der Waals surface area (Å²) in [7, 11) is 0. The van der Waals surface area contributed by atoms with Gasteiger partial charge >= 0.3 is 11.7 Å². The Hall–Kier alpha value is -2.37. The van der Waals surface area contributed by atoms with E-state index in [2.05, 4.69) is 9.97 Å². The molecule has 6 heteroatoms. The highest BCUT2D eigenvalue weighted by Crippen LogP contribution is 2.14. The molecule has 1 aromatic carbocycles. The summed E-state index contributed by atoms with van der Waals surface area (Å²) in [5.74, 6) is -0.514. The third-order valence-electron chi connectivity index (χ3n) is 2.37. The summed E-state index contributed by atoms with van der Waals surface area (Å²) in [5, 5.41) is 0.239. The van der Waals surface area contributed by atoms with Gasteiger partial charge in [-0.15, -0.1) is 0 Å². The van der Waals surface area contributed by atoms with E-state index in [-0.39, 0.29) is 10.9 Å². The summed E-state index contributed by atoms with van der Waals surface area (Å²) in [4.78, 5) is 39.2. The number of hydrogen-bond donors (Lipinski definition) is 2. The molecule has 0 amide bonds. The van der Waals surface area contributed by atoms with Crippen LogP contribution in [0.3, 0.4) is 0 Å². The van der Waals surface area contributed by atoms with Gasteiger partial charge < -0.3 is 9.72 Å². The van der Waals surface area contributed by atoms with Gasteiger partial charge in [0.1, 0.15) is 5.60 Å². The molecule has 0 aliphatic carbocycles. The van der Waals surface area contributed by atoms with Crippen molar-refractivity contribution in [1.29, 1.82) is 0 Å². The number of aromatic nitrogens is 2. The summed E-state index contributed by atoms with van der Waals surface area (Å²) in [6.45, 7) is 5.28. The van der Waals surface area contributed by atoms with Crippen LogP contribution in [0.15, 0.2) is 27.8 Å². The molecule has 0 spiro atoms. The topological polar surface area (TPSA) is 92.0 Å². The second kappa shape index (κ2) is 4.38. The van der Waals surface area contributed by atoms with Gasteiger partial charge in [-0.25, -0.2) is 9.59 Å². The molecule has 2 N–H and O–H groups in total. The Morgan fingerprint density at radius 3 is 2.47 bits per heavy atom. The highest BCUT2D eigenvalue weighted by molar-refractivity contribution is 5.94. The van der Waals surface area contributed by atoms with Crippen molar-refractivity contribution in [2.75, 3.05) is 0 Å². The van der Waals surface area contributed by atoms with E-state index < -0.39 is 22.8 Å². The molecule has 0 aliphatic heterocycles. The van der Waals surface area contributed by atoms with Crippen molar-refractivity contribution in [3.63, 3.8) is 0 Å². The zero-order valence-electron chi connectivity index (χ0n) is 10.9. The average molecular weight is 262 g/mol. The van der Waals surface area contributed by atoms with Crippen molar-refractivity contribution in [3.8, 4) is 0 Å². The van der Waals surface area contributed by atoms with Gasteiger partial charge in [-0.1, -0.05) is 0 Å². The van der Waals surface area contributed by atoms with Crippen LogP contribution < -0.4 is 11.2 Å². The van der Waals surface area contributed by atoms with E-state index in [1.54, 1.807) is 20.8 Å². The summed E-state index contributed by atoms with van der Waals surface area (Å²) in [6, 6.07) is 4.41. The predicted molar refractivity (Wildman–Crippen MR) is 70.4 cm³/mol. The number of rotatable bonds is 1. The number of aromatic amines is 2. The van der Waals surface area contributed by atoms with Crippen molar-refractivity contribution >= 4 is 16.9 Å². The molecular formula is C13H14N2O4. The van der Waals surface area contributed by atoms with Crippen LogP contribution in [-0.2, 0) is 4.74 Å². The third-order valence-corrected chi connectivity index (χ3v) is 2.37. The molecule has 0 bridgehead atoms. The van der Waals surface area contributed by atoms with E-state index in [0.717, 1.165) is 0 Å². The summed E-state index contributed by atoms with van der Waals surface area (Å²) < 4.78 is 5.21. The Morgan fingerprint density at radius 1 is 1.16 bits per heavy atom. The molecule has 0 aliphatic rings. The van der Waals surface area contributed by atoms with Crippen molar-refractivity contribution in [3.05, 3.63) is 44.6 Å². The first-order valence-electron chi connectivity index (χ1n) is 5.76. The van der Waals surface area contributed by atoms with Crippen molar-refractivity contribution in [1.82, 2.24) is 9.97 Å². The molecule has 6 nitrogen and oxygen atoms in total. The molecule has 1 aromatic heterocycles. The number of nitrogens with one attached hydrogen (secondary N) is 2. The maximum absolute atomic E-state index is 11.9. The van der Waals surface area contributed by atoms with E-state index in [9.17, 15) is 14.4 Å². The smallest absolute Gasteiger partial charge is 0.338 e. The van der Waals surface area contributed by atoms with E-state index >= 15 is 0 Å². The quantitative estimate of drug-likeness (QED) is 0.754. The third kappa shape index (κ3) is 2.90. The molecule has 0 atom stereocenters. The first-order valence-corrected chi connectivity index (χ1v) is 5.76. The lowest BCUT2D eigenvalue weighted by Crippen LogP contribution is -2.25. The van der Waals surface area contributed by atoms with Crippen LogP contribution in [0.5, 0.6) is 0 Å². The van der Waals surface area contributed by atoms with Gasteiger partial charge in [0, 0.05) is 0 Å². The number of hydrogen-bond acceptors (Lipinski definition) is 4. The van der Waals surface area contributed by atoms with Gasteiger partial charge in [-0.2, -0.15) is 0 Å². The van der Waals surface area contributed by atoms with E-state index in [1.807, 2.05) is 0 Å². The number of fused-ring (bicyclic) bond motifs is 1. The number of carbonyl (C=O) groups is 1. The molecule has 100 valence electrons. The highest BCUT2D eigenvalue weighted by Gasteiger charge is 2.18. The fourth-order valence-electron chi connectivity index (χ4n) is 1.63. The van der Waals surface area contributed by atoms with Gasteiger partial charge in [0.25, 0.3) is 5.56 Å². The van der Waals surface area contributed by atoms with Gasteiger partial charge in [-0.3, -0.25) is 9.78 Å². The Morgan fingerprint density at radius 2 is 1.84 bits per heavy atom. The van der Waals surface area contributed by atoms with Crippen LogP contribution >= 0.6 is 0 Å². The largest absolute Gasteiger partial charge is 0.456 e. The standard InChI is InChI=1S/C13H14N2O4/c1-13(2,3)19-11(17)7-4-5-9-8(6-7)10(16)15-12(18)14-9/h4-6H,1-3H3,(H2,14,15,16,18). The van der Waals surface area contributed by atoms with Crippen LogP contribution in [0.25, 0.3) is 10.9 Å². The van der Waals surface area contributed by atoms with Crippen molar-refractivity contribution < 1.29 is 9.53 Å². The number of carbonyl (C=O) groups excluding carboxylic acids is 1. The van der Waals surface area contributed by atoms with Gasteiger partial charge in [0.2, 0.25) is 0 Å². The normalized spacial score (nSPS) is 11.5. The number of H-pyrrole nitrogens is 2. The SMILES string of the molecule is CC(C)(C)OC(=O)c1ccc2[nH]c(=O)[nH]c(=O)c2c1. The summed E-state index contributed by atoms with van der Waals surface area (Å²) >= 11 is 0. The Bertz CT molecular complexity index is 750. The molecule has 1 heterocycles. The van der Waals surface area contributed by atoms with Crippen molar-refractivity contribution in [2.45, 2.75) is 26.4 Å². The van der Waals surface area contributed by atoms with Gasteiger partial charge in [0.05, 0.1) is 16.5 Å². The van der Waals surface area contributed by atoms with Gasteiger partial charge in [-0.05, 0) is 39.0 Å². The zero-order chi connectivity index (χ0) is 14.2. The minimum Gasteiger partial charge on any atom is -0.456 e. The maximum atomic E-state index is 11.9. The monoisotopic (exact) mass is 262 g/mol. The first-order chi connectivity index (χ1) is 8.76. The molecule has 19 heavy (non-hydrogen) atoms. The zero-order valence-corrected chi connectivity index (χ0v) is 10.9. The lowest BCUT2D eigenvalue weighted by molar-refractivity contribution is 0.00697. The lowest BCUT2D eigenvalue weighted by atomic mass is 10.1. The minimum atomic E-state index is -0.608. The van der Waals surface area contributed by atoms with Crippen molar-refractivity contribution in [2.24, 2.45) is 0 Å². The Labute approximate surface area is 108 Å². The minimum absolute atomic E-state index is 0.239. The van der Waals surface area contributed by atoms with Crippen LogP contribution in [-0.4, -0.2) is 21.5 Å². The maximum Gasteiger partial charge on any atom is 0.338 e. The number of esters is 1. The molecule has 0 unspecified atom stereocenters. The Kier molecular flexibility index (Phi) is 3.01. The molecule has 0 saturated heterocycles. The lowest BCUT2D eigenvalue weighted by Gasteiger charge is -2.19. The molecule has 2 aromatic rings. The van der Waals surface area contributed by atoms with E-state index in [4.69, 9.17) is 4.74 Å². The molecule has 0 saturated carbocycles. The van der Waals surface area contributed by atoms with E-state index in [1.165, 1.54) is 18.2 Å². The first kappa shape index (κ1) is 13.1. The molecule has 0 radical (unpaired) electrons. The second-order valence-electron chi connectivity index (χ2n) is 5.17. The average Bonchev–Trinajstić information content (AvgIpc) is 2.25.